The molecule has 0 aliphatic carbocycles. The van der Waals surface area contributed by atoms with Crippen molar-refractivity contribution in [1.29, 1.82) is 0 Å². The first kappa shape index (κ1) is 23.3. The molecule has 1 aromatic carbocycles. The molecule has 0 aliphatic heterocycles. The molecule has 0 aliphatic rings. The van der Waals surface area contributed by atoms with Crippen LogP contribution in [0.15, 0.2) is 36.4 Å². The van der Waals surface area contributed by atoms with E-state index in [1.807, 2.05) is 64.1 Å². The lowest BCUT2D eigenvalue weighted by molar-refractivity contribution is 0.438. The molecule has 0 saturated heterocycles. The van der Waals surface area contributed by atoms with Crippen LogP contribution in [0, 0.1) is 5.92 Å². The molecule has 114 valence electrons. The second-order valence-corrected chi connectivity index (χ2v) is 3.98. The van der Waals surface area contributed by atoms with Crippen LogP contribution in [0.2, 0.25) is 0 Å². The first-order valence-corrected chi connectivity index (χ1v) is 8.35. The van der Waals surface area contributed by atoms with E-state index in [-0.39, 0.29) is 0 Å². The Morgan fingerprint density at radius 3 is 1.16 bits per heavy atom. The largest absolute Gasteiger partial charge is 0.0683 e. The highest BCUT2D eigenvalue weighted by Gasteiger charge is 2.00. The van der Waals surface area contributed by atoms with Crippen LogP contribution in [0.25, 0.3) is 0 Å². The van der Waals surface area contributed by atoms with Gasteiger partial charge in [-0.2, -0.15) is 0 Å². The van der Waals surface area contributed by atoms with Gasteiger partial charge in [0.1, 0.15) is 0 Å². The number of hydrogen-bond donors (Lipinski definition) is 0. The van der Waals surface area contributed by atoms with Crippen LogP contribution >= 0.6 is 0 Å². The number of rotatable bonds is 5. The van der Waals surface area contributed by atoms with E-state index in [2.05, 4.69) is 20.8 Å². The standard InChI is InChI=1S/C9H20.C6H6.2C2H6/c1-4-7-8-9(5-2)6-3;1-2-4-6-5-3-1;2*1-2/h9H,4-8H2,1-3H3;1-6H;2*1-2H3. The van der Waals surface area contributed by atoms with Crippen molar-refractivity contribution in [1.82, 2.24) is 0 Å². The number of benzene rings is 1. The summed E-state index contributed by atoms with van der Waals surface area (Å²) in [4.78, 5) is 0. The Bertz CT molecular complexity index is 160. The van der Waals surface area contributed by atoms with Crippen LogP contribution in [0.5, 0.6) is 0 Å². The summed E-state index contributed by atoms with van der Waals surface area (Å²) in [7, 11) is 0. The summed E-state index contributed by atoms with van der Waals surface area (Å²) >= 11 is 0. The monoisotopic (exact) mass is 266 g/mol. The molecule has 0 nitrogen and oxygen atoms in total. The van der Waals surface area contributed by atoms with E-state index in [1.54, 1.807) is 0 Å². The van der Waals surface area contributed by atoms with E-state index in [4.69, 9.17) is 0 Å². The zero-order valence-electron chi connectivity index (χ0n) is 14.6. The topological polar surface area (TPSA) is 0 Å². The molecule has 0 atom stereocenters. The van der Waals surface area contributed by atoms with Crippen molar-refractivity contribution in [2.24, 2.45) is 5.92 Å². The lowest BCUT2D eigenvalue weighted by atomic mass is 9.97. The molecule has 0 fully saturated rings. The molecule has 0 aromatic heterocycles. The normalized spacial score (nSPS) is 8.21. The Morgan fingerprint density at radius 2 is 0.947 bits per heavy atom. The fourth-order valence-corrected chi connectivity index (χ4v) is 1.57. The predicted molar refractivity (Wildman–Crippen MR) is 92.7 cm³/mol. The minimum Gasteiger partial charge on any atom is -0.0683 e. The lowest BCUT2D eigenvalue weighted by Gasteiger charge is -2.09. The molecular formula is C19H38. The molecule has 0 saturated carbocycles. The highest BCUT2D eigenvalue weighted by molar-refractivity contribution is 4.99. The maximum Gasteiger partial charge on any atom is -0.0420 e. The molecule has 0 radical (unpaired) electrons. The molecule has 1 aromatic rings. The Morgan fingerprint density at radius 1 is 0.632 bits per heavy atom. The molecule has 0 spiro atoms. The van der Waals surface area contributed by atoms with E-state index in [9.17, 15) is 0 Å². The van der Waals surface area contributed by atoms with Crippen molar-refractivity contribution < 1.29 is 0 Å². The maximum atomic E-state index is 2.30. The van der Waals surface area contributed by atoms with E-state index in [1.165, 1.54) is 32.1 Å². The second-order valence-electron chi connectivity index (χ2n) is 3.98. The predicted octanol–water partition coefficient (Wildman–Crippen LogP) is 7.35. The minimum atomic E-state index is 1.00. The molecule has 0 bridgehead atoms. The van der Waals surface area contributed by atoms with Crippen LogP contribution in [0.4, 0.5) is 0 Å². The summed E-state index contributed by atoms with van der Waals surface area (Å²) in [5.74, 6) is 1.00. The van der Waals surface area contributed by atoms with Gasteiger partial charge in [0.2, 0.25) is 0 Å². The highest BCUT2D eigenvalue weighted by atomic mass is 14.1. The van der Waals surface area contributed by atoms with Gasteiger partial charge in [-0.15, -0.1) is 0 Å². The Kier molecular flexibility index (Phi) is 31.8. The Labute approximate surface area is 123 Å². The Hall–Kier alpha value is -0.780. The van der Waals surface area contributed by atoms with E-state index < -0.39 is 0 Å². The summed E-state index contributed by atoms with van der Waals surface area (Å²) in [6.07, 6.45) is 6.97. The summed E-state index contributed by atoms with van der Waals surface area (Å²) < 4.78 is 0. The van der Waals surface area contributed by atoms with Crippen molar-refractivity contribution in [2.45, 2.75) is 80.6 Å². The van der Waals surface area contributed by atoms with E-state index >= 15 is 0 Å². The van der Waals surface area contributed by atoms with Crippen molar-refractivity contribution >= 4 is 0 Å². The molecule has 0 heterocycles. The minimum absolute atomic E-state index is 1.00. The average Bonchev–Trinajstić information content (AvgIpc) is 2.55. The van der Waals surface area contributed by atoms with Gasteiger partial charge in [-0.3, -0.25) is 0 Å². The van der Waals surface area contributed by atoms with Gasteiger partial charge < -0.3 is 0 Å². The van der Waals surface area contributed by atoms with Gasteiger partial charge in [-0.1, -0.05) is 117 Å². The zero-order valence-corrected chi connectivity index (χ0v) is 14.6. The van der Waals surface area contributed by atoms with Gasteiger partial charge in [-0.05, 0) is 5.92 Å². The molecule has 0 unspecified atom stereocenters. The van der Waals surface area contributed by atoms with Crippen LogP contribution < -0.4 is 0 Å². The van der Waals surface area contributed by atoms with Crippen LogP contribution in [-0.2, 0) is 0 Å². The van der Waals surface area contributed by atoms with Gasteiger partial charge in [-0.25, -0.2) is 0 Å². The summed E-state index contributed by atoms with van der Waals surface area (Å²) in [5, 5.41) is 0. The SMILES string of the molecule is CC.CC.CCCCC(CC)CC.c1ccccc1. The van der Waals surface area contributed by atoms with Gasteiger partial charge in [0.05, 0.1) is 0 Å². The molecule has 0 N–H and O–H groups in total. The summed E-state index contributed by atoms with van der Waals surface area (Å²) in [6, 6.07) is 12.0. The highest BCUT2D eigenvalue weighted by Crippen LogP contribution is 2.15. The molecule has 19 heavy (non-hydrogen) atoms. The van der Waals surface area contributed by atoms with Gasteiger partial charge in [0, 0.05) is 0 Å². The zero-order chi connectivity index (χ0) is 15.4. The van der Waals surface area contributed by atoms with Crippen molar-refractivity contribution in [2.75, 3.05) is 0 Å². The smallest absolute Gasteiger partial charge is 0.0420 e. The number of unbranched alkanes of at least 4 members (excludes halogenated alkanes) is 1. The van der Waals surface area contributed by atoms with Crippen molar-refractivity contribution in [3.05, 3.63) is 36.4 Å². The van der Waals surface area contributed by atoms with E-state index in [0.717, 1.165) is 5.92 Å². The molecule has 1 rings (SSSR count). The third-order valence-electron chi connectivity index (χ3n) is 2.79. The quantitative estimate of drug-likeness (QED) is 0.522. The van der Waals surface area contributed by atoms with E-state index in [0.29, 0.717) is 0 Å². The van der Waals surface area contributed by atoms with Crippen LogP contribution in [0.1, 0.15) is 80.6 Å². The third kappa shape index (κ3) is 22.8. The molecular weight excluding hydrogens is 228 g/mol. The van der Waals surface area contributed by atoms with Gasteiger partial charge in [0.15, 0.2) is 0 Å². The van der Waals surface area contributed by atoms with Crippen LogP contribution in [-0.4, -0.2) is 0 Å². The first-order valence-electron chi connectivity index (χ1n) is 8.35. The number of hydrogen-bond acceptors (Lipinski definition) is 0. The third-order valence-corrected chi connectivity index (χ3v) is 2.79. The lowest BCUT2D eigenvalue weighted by Crippen LogP contribution is -1.95. The summed E-state index contributed by atoms with van der Waals surface area (Å²) in [5.41, 5.74) is 0. The Balaban J connectivity index is -0.000000221. The maximum absolute atomic E-state index is 2.30. The van der Waals surface area contributed by atoms with Crippen molar-refractivity contribution in [3.8, 4) is 0 Å². The fourth-order valence-electron chi connectivity index (χ4n) is 1.57. The molecule has 0 amide bonds. The van der Waals surface area contributed by atoms with Crippen LogP contribution in [0.3, 0.4) is 0 Å². The van der Waals surface area contributed by atoms with Gasteiger partial charge >= 0.3 is 0 Å². The molecule has 0 heteroatoms. The second kappa shape index (κ2) is 25.9. The summed E-state index contributed by atoms with van der Waals surface area (Å²) in [6.45, 7) is 14.9. The first-order chi connectivity index (χ1) is 9.35. The van der Waals surface area contributed by atoms with Gasteiger partial charge in [0.25, 0.3) is 0 Å². The fraction of sp³-hybridized carbons (Fsp3) is 0.684. The average molecular weight is 267 g/mol. The van der Waals surface area contributed by atoms with Crippen molar-refractivity contribution in [3.63, 3.8) is 0 Å².